The third-order valence-electron chi connectivity index (χ3n) is 5.42. The predicted octanol–water partition coefficient (Wildman–Crippen LogP) is 5.11. The van der Waals surface area contributed by atoms with E-state index in [2.05, 4.69) is 26.2 Å². The van der Waals surface area contributed by atoms with E-state index < -0.39 is 7.52 Å². The minimum Gasteiger partial charge on any atom is -0.788 e. The number of ether oxygens (including phenoxy) is 1. The summed E-state index contributed by atoms with van der Waals surface area (Å²) in [4.78, 5) is 23.5. The Morgan fingerprint density at radius 1 is 0.906 bits per heavy atom. The van der Waals surface area contributed by atoms with Crippen molar-refractivity contribution >= 4 is 13.5 Å². The fraction of sp³-hybridized carbons (Fsp3) is 0.720. The van der Waals surface area contributed by atoms with Gasteiger partial charge in [0.25, 0.3) is 0 Å². The molecule has 0 heterocycles. The summed E-state index contributed by atoms with van der Waals surface area (Å²) in [5.74, 6) is -0.232. The van der Waals surface area contributed by atoms with Crippen molar-refractivity contribution in [1.29, 1.82) is 0 Å². The summed E-state index contributed by atoms with van der Waals surface area (Å²) in [6, 6.07) is 7.73. The molecule has 1 aromatic carbocycles. The average Bonchev–Trinajstić information content (AvgIpc) is 2.73. The van der Waals surface area contributed by atoms with Gasteiger partial charge in [-0.25, -0.2) is 4.79 Å². The molecule has 0 fully saturated rings. The van der Waals surface area contributed by atoms with Gasteiger partial charge >= 0.3 is 5.97 Å². The molecule has 0 radical (unpaired) electrons. The molecule has 0 aliphatic rings. The molecule has 0 bridgehead atoms. The van der Waals surface area contributed by atoms with Crippen molar-refractivity contribution < 1.29 is 23.5 Å². The summed E-state index contributed by atoms with van der Waals surface area (Å²) >= 11 is 0. The molecule has 32 heavy (non-hydrogen) atoms. The van der Waals surface area contributed by atoms with Gasteiger partial charge in [-0.1, -0.05) is 70.4 Å². The number of carbonyl (C=O) groups is 1. The van der Waals surface area contributed by atoms with Crippen LogP contribution < -0.4 is 9.98 Å². The van der Waals surface area contributed by atoms with Crippen LogP contribution in [0.5, 0.6) is 0 Å². The van der Waals surface area contributed by atoms with Crippen molar-refractivity contribution in [3.63, 3.8) is 0 Å². The van der Waals surface area contributed by atoms with Crippen LogP contribution in [0.25, 0.3) is 0 Å². The largest absolute Gasteiger partial charge is 0.788 e. The van der Waals surface area contributed by atoms with Crippen LogP contribution >= 0.6 is 7.52 Å². The molecule has 0 saturated carbocycles. The van der Waals surface area contributed by atoms with Crippen molar-refractivity contribution in [2.75, 3.05) is 40.5 Å². The molecule has 1 aromatic rings. The van der Waals surface area contributed by atoms with Crippen molar-refractivity contribution in [3.05, 3.63) is 35.4 Å². The second kappa shape index (κ2) is 15.6. The second-order valence-corrected chi connectivity index (χ2v) is 12.0. The summed E-state index contributed by atoms with van der Waals surface area (Å²) in [7, 11) is 3.13. The maximum absolute atomic E-state index is 12.1. The smallest absolute Gasteiger partial charge is 0.338 e. The van der Waals surface area contributed by atoms with Gasteiger partial charge in [-0.15, -0.1) is 0 Å². The molecule has 0 amide bonds. The normalized spacial score (nSPS) is 13.7. The molecule has 0 spiro atoms. The van der Waals surface area contributed by atoms with Crippen LogP contribution in [0.4, 0.5) is 0 Å². The Kier molecular flexibility index (Phi) is 14.1. The van der Waals surface area contributed by atoms with Crippen molar-refractivity contribution in [1.82, 2.24) is 5.09 Å². The SMILES string of the molecule is CCP(=O)([O-])NCCCCCCCCCCCCOC(=O)c1ccc(C[N+](C)(C)C)cc1. The molecule has 0 saturated heterocycles. The lowest BCUT2D eigenvalue weighted by Gasteiger charge is -2.23. The van der Waals surface area contributed by atoms with E-state index in [1.54, 1.807) is 6.92 Å². The lowest BCUT2D eigenvalue weighted by molar-refractivity contribution is -0.884. The van der Waals surface area contributed by atoms with Crippen molar-refractivity contribution in [2.24, 2.45) is 0 Å². The van der Waals surface area contributed by atoms with E-state index >= 15 is 0 Å². The fourth-order valence-electron chi connectivity index (χ4n) is 3.54. The zero-order valence-electron chi connectivity index (χ0n) is 20.7. The number of benzene rings is 1. The zero-order chi connectivity index (χ0) is 23.9. The van der Waals surface area contributed by atoms with Gasteiger partial charge in [-0.2, -0.15) is 0 Å². The molecular weight excluding hydrogens is 423 g/mol. The fourth-order valence-corrected chi connectivity index (χ4v) is 4.27. The number of carbonyl (C=O) groups excluding carboxylic acids is 1. The monoisotopic (exact) mass is 468 g/mol. The Morgan fingerprint density at radius 3 is 1.91 bits per heavy atom. The van der Waals surface area contributed by atoms with Crippen LogP contribution in [0.3, 0.4) is 0 Å². The van der Waals surface area contributed by atoms with Gasteiger partial charge in [0, 0.05) is 12.1 Å². The first-order chi connectivity index (χ1) is 15.1. The Hall–Kier alpha value is -1.20. The molecule has 0 aliphatic heterocycles. The molecule has 1 rings (SSSR count). The number of rotatable bonds is 18. The summed E-state index contributed by atoms with van der Waals surface area (Å²) in [6.45, 7) is 3.65. The number of quaternary nitrogens is 1. The molecule has 1 unspecified atom stereocenters. The summed E-state index contributed by atoms with van der Waals surface area (Å²) in [6.07, 6.45) is 11.5. The molecule has 6 nitrogen and oxygen atoms in total. The van der Waals surface area contributed by atoms with Crippen molar-refractivity contribution in [3.8, 4) is 0 Å². The lowest BCUT2D eigenvalue weighted by Crippen LogP contribution is -2.33. The van der Waals surface area contributed by atoms with Gasteiger partial charge < -0.3 is 18.7 Å². The average molecular weight is 469 g/mol. The van der Waals surface area contributed by atoms with Gasteiger partial charge in [-0.05, 0) is 31.1 Å². The lowest BCUT2D eigenvalue weighted by atomic mass is 10.1. The van der Waals surface area contributed by atoms with Gasteiger partial charge in [0.15, 0.2) is 0 Å². The van der Waals surface area contributed by atoms with Gasteiger partial charge in [0.05, 0.1) is 40.8 Å². The topological polar surface area (TPSA) is 78.5 Å². The van der Waals surface area contributed by atoms with E-state index in [1.807, 2.05) is 24.3 Å². The highest BCUT2D eigenvalue weighted by Crippen LogP contribution is 2.28. The summed E-state index contributed by atoms with van der Waals surface area (Å²) in [5, 5.41) is 2.64. The molecule has 184 valence electrons. The molecule has 7 heteroatoms. The predicted molar refractivity (Wildman–Crippen MR) is 131 cm³/mol. The first-order valence-corrected chi connectivity index (χ1v) is 14.1. The minimum absolute atomic E-state index is 0.181. The Labute approximate surface area is 195 Å². The second-order valence-electron chi connectivity index (χ2n) is 9.71. The summed E-state index contributed by atoms with van der Waals surface area (Å²) in [5.41, 5.74) is 1.84. The number of hydrogen-bond acceptors (Lipinski definition) is 4. The van der Waals surface area contributed by atoms with Gasteiger partial charge in [0.2, 0.25) is 0 Å². The maximum atomic E-state index is 12.1. The first-order valence-electron chi connectivity index (χ1n) is 12.2. The van der Waals surface area contributed by atoms with E-state index in [1.165, 1.54) is 44.1 Å². The van der Waals surface area contributed by atoms with Gasteiger partial charge in [0.1, 0.15) is 6.54 Å². The highest BCUT2D eigenvalue weighted by atomic mass is 31.2. The summed E-state index contributed by atoms with van der Waals surface area (Å²) < 4.78 is 17.6. The number of nitrogens with one attached hydrogen (secondary N) is 1. The molecule has 1 atom stereocenters. The van der Waals surface area contributed by atoms with Crippen LogP contribution in [0.2, 0.25) is 0 Å². The standard InChI is InChI=1S/C25H45N2O4P/c1-5-32(29,30)26-20-14-12-10-8-6-7-9-11-13-15-21-31-25(28)24-18-16-23(17-19-24)22-27(2,3)4/h16-19H,5-15,20-22H2,1-4H3,(H-,26,29,30). The van der Waals surface area contributed by atoms with Crippen LogP contribution in [0.15, 0.2) is 24.3 Å². The first kappa shape index (κ1) is 28.8. The number of unbranched alkanes of at least 4 members (excludes halogenated alkanes) is 9. The molecule has 0 aliphatic carbocycles. The Morgan fingerprint density at radius 2 is 1.41 bits per heavy atom. The van der Waals surface area contributed by atoms with E-state index in [0.29, 0.717) is 18.7 Å². The van der Waals surface area contributed by atoms with Crippen LogP contribution in [0, 0.1) is 0 Å². The van der Waals surface area contributed by atoms with E-state index in [0.717, 1.165) is 36.7 Å². The van der Waals surface area contributed by atoms with E-state index in [4.69, 9.17) is 4.74 Å². The van der Waals surface area contributed by atoms with Crippen molar-refractivity contribution in [2.45, 2.75) is 77.7 Å². The molecule has 0 aromatic heterocycles. The number of hydrogen-bond donors (Lipinski definition) is 1. The number of nitrogens with zero attached hydrogens (tertiary/aromatic N) is 1. The highest BCUT2D eigenvalue weighted by molar-refractivity contribution is 7.54. The quantitative estimate of drug-likeness (QED) is 0.140. The number of esters is 1. The Bertz CT molecular complexity index is 686. The molecular formula is C25H45N2O4P. The van der Waals surface area contributed by atoms with Gasteiger partial charge in [-0.3, -0.25) is 5.09 Å². The van der Waals surface area contributed by atoms with E-state index in [-0.39, 0.29) is 12.1 Å². The van der Waals surface area contributed by atoms with E-state index in [9.17, 15) is 14.3 Å². The minimum atomic E-state index is -3.31. The molecule has 1 N–H and O–H groups in total. The van der Waals surface area contributed by atoms with Crippen LogP contribution in [0.1, 0.15) is 87.1 Å². The zero-order valence-corrected chi connectivity index (χ0v) is 21.6. The Balaban J connectivity index is 1.95. The highest BCUT2D eigenvalue weighted by Gasteiger charge is 2.11. The third kappa shape index (κ3) is 14.8. The maximum Gasteiger partial charge on any atom is 0.338 e. The van der Waals surface area contributed by atoms with Crippen LogP contribution in [-0.2, 0) is 15.8 Å². The third-order valence-corrected chi connectivity index (χ3v) is 6.96. The van der Waals surface area contributed by atoms with Crippen LogP contribution in [-0.4, -0.2) is 50.9 Å².